The molecule has 118 valence electrons. The van der Waals surface area contributed by atoms with E-state index in [1.807, 2.05) is 41.5 Å². The zero-order valence-electron chi connectivity index (χ0n) is 14.0. The van der Waals surface area contributed by atoms with E-state index in [0.717, 1.165) is 57.1 Å². The topological polar surface area (TPSA) is 51.6 Å². The third kappa shape index (κ3) is 4.20. The molecular formula is C16H22N4S2. The highest BCUT2D eigenvalue weighted by Gasteiger charge is 2.08. The molecule has 0 spiro atoms. The summed E-state index contributed by atoms with van der Waals surface area (Å²) in [5, 5.41) is 0. The number of rotatable bonds is 5. The van der Waals surface area contributed by atoms with E-state index in [1.165, 1.54) is 0 Å². The van der Waals surface area contributed by atoms with Crippen molar-refractivity contribution in [1.82, 2.24) is 19.9 Å². The second-order valence-electron chi connectivity index (χ2n) is 5.38. The van der Waals surface area contributed by atoms with Crippen molar-refractivity contribution in [3.8, 4) is 0 Å². The molecule has 4 nitrogen and oxygen atoms in total. The molecule has 0 unspecified atom stereocenters. The van der Waals surface area contributed by atoms with Crippen LogP contribution in [0.3, 0.4) is 0 Å². The molecule has 2 aromatic rings. The lowest BCUT2D eigenvalue weighted by Gasteiger charge is -2.09. The second kappa shape index (κ2) is 7.42. The van der Waals surface area contributed by atoms with Crippen LogP contribution in [-0.2, 0) is 11.5 Å². The van der Waals surface area contributed by atoms with Crippen LogP contribution in [0.5, 0.6) is 0 Å². The number of nitrogens with zero attached hydrogens (tertiary/aromatic N) is 4. The van der Waals surface area contributed by atoms with Gasteiger partial charge in [-0.2, -0.15) is 0 Å². The third-order valence-electron chi connectivity index (χ3n) is 3.63. The molecule has 0 saturated heterocycles. The Balaban J connectivity index is 1.93. The van der Waals surface area contributed by atoms with Gasteiger partial charge in [-0.25, -0.2) is 0 Å². The Morgan fingerprint density at radius 1 is 0.500 bits per heavy atom. The van der Waals surface area contributed by atoms with Gasteiger partial charge in [-0.3, -0.25) is 19.9 Å². The van der Waals surface area contributed by atoms with Crippen molar-refractivity contribution in [3.63, 3.8) is 0 Å². The first-order chi connectivity index (χ1) is 10.4. The third-order valence-corrected chi connectivity index (χ3v) is 5.79. The van der Waals surface area contributed by atoms with E-state index in [9.17, 15) is 0 Å². The molecule has 0 saturated carbocycles. The summed E-state index contributed by atoms with van der Waals surface area (Å²) < 4.78 is 0. The van der Waals surface area contributed by atoms with Crippen molar-refractivity contribution in [3.05, 3.63) is 45.6 Å². The highest BCUT2D eigenvalue weighted by Crippen LogP contribution is 2.30. The van der Waals surface area contributed by atoms with Gasteiger partial charge >= 0.3 is 0 Å². The summed E-state index contributed by atoms with van der Waals surface area (Å²) in [5.74, 6) is 1.73. The van der Waals surface area contributed by atoms with E-state index >= 15 is 0 Å². The van der Waals surface area contributed by atoms with Gasteiger partial charge in [0.2, 0.25) is 0 Å². The standard InChI is InChI=1S/C16H22N4S2/c1-9-11(3)19-15(13(5)17-9)7-21-22-8-16-14(6)18-10(2)12(4)20-16/h7-8H2,1-6H3. The summed E-state index contributed by atoms with van der Waals surface area (Å²) >= 11 is 0. The van der Waals surface area contributed by atoms with Gasteiger partial charge < -0.3 is 0 Å². The van der Waals surface area contributed by atoms with Crippen LogP contribution in [-0.4, -0.2) is 19.9 Å². The Bertz CT molecular complexity index is 627. The normalized spacial score (nSPS) is 11.0. The minimum absolute atomic E-state index is 0.863. The van der Waals surface area contributed by atoms with Gasteiger partial charge in [-0.1, -0.05) is 21.6 Å². The number of aryl methyl sites for hydroxylation is 6. The molecule has 0 N–H and O–H groups in total. The van der Waals surface area contributed by atoms with Crippen LogP contribution in [0.2, 0.25) is 0 Å². The van der Waals surface area contributed by atoms with Crippen LogP contribution in [0, 0.1) is 41.5 Å². The van der Waals surface area contributed by atoms with Crippen molar-refractivity contribution in [1.29, 1.82) is 0 Å². The molecule has 2 aromatic heterocycles. The predicted molar refractivity (Wildman–Crippen MR) is 95.1 cm³/mol. The minimum Gasteiger partial charge on any atom is -0.255 e. The quantitative estimate of drug-likeness (QED) is 0.603. The van der Waals surface area contributed by atoms with E-state index in [4.69, 9.17) is 0 Å². The first-order valence-electron chi connectivity index (χ1n) is 7.24. The zero-order chi connectivity index (χ0) is 16.3. The first-order valence-corrected chi connectivity index (χ1v) is 9.73. The Morgan fingerprint density at radius 3 is 1.18 bits per heavy atom. The Morgan fingerprint density at radius 2 is 0.818 bits per heavy atom. The molecular weight excluding hydrogens is 312 g/mol. The first kappa shape index (κ1) is 17.2. The minimum atomic E-state index is 0.863. The Kier molecular flexibility index (Phi) is 5.81. The van der Waals surface area contributed by atoms with Crippen molar-refractivity contribution >= 4 is 21.6 Å². The van der Waals surface area contributed by atoms with Gasteiger partial charge in [0.05, 0.1) is 45.6 Å². The average Bonchev–Trinajstić information content (AvgIpc) is 2.45. The van der Waals surface area contributed by atoms with Crippen LogP contribution in [0.1, 0.15) is 45.6 Å². The van der Waals surface area contributed by atoms with Crippen LogP contribution in [0.4, 0.5) is 0 Å². The van der Waals surface area contributed by atoms with E-state index in [2.05, 4.69) is 19.9 Å². The molecule has 0 aliphatic carbocycles. The molecule has 2 heterocycles. The number of hydrogen-bond acceptors (Lipinski definition) is 6. The largest absolute Gasteiger partial charge is 0.255 e. The van der Waals surface area contributed by atoms with E-state index in [0.29, 0.717) is 0 Å². The smallest absolute Gasteiger partial charge is 0.0726 e. The molecule has 0 amide bonds. The summed E-state index contributed by atoms with van der Waals surface area (Å²) in [6.45, 7) is 12.1. The average molecular weight is 335 g/mol. The molecule has 0 aliphatic rings. The molecule has 0 fully saturated rings. The molecule has 0 aliphatic heterocycles. The maximum Gasteiger partial charge on any atom is 0.0726 e. The lowest BCUT2D eigenvalue weighted by molar-refractivity contribution is 0.950. The highest BCUT2D eigenvalue weighted by molar-refractivity contribution is 8.76. The number of aromatic nitrogens is 4. The molecule has 22 heavy (non-hydrogen) atoms. The summed E-state index contributed by atoms with van der Waals surface area (Å²) in [7, 11) is 3.59. The number of hydrogen-bond donors (Lipinski definition) is 0. The molecule has 0 aromatic carbocycles. The maximum atomic E-state index is 4.64. The fourth-order valence-electron chi connectivity index (χ4n) is 1.99. The molecule has 6 heteroatoms. The molecule has 2 rings (SSSR count). The summed E-state index contributed by atoms with van der Waals surface area (Å²) in [5.41, 5.74) is 8.26. The second-order valence-corrected chi connectivity index (χ2v) is 7.84. The van der Waals surface area contributed by atoms with Crippen LogP contribution in [0.15, 0.2) is 0 Å². The van der Waals surface area contributed by atoms with Crippen LogP contribution in [0.25, 0.3) is 0 Å². The van der Waals surface area contributed by atoms with Crippen molar-refractivity contribution in [2.24, 2.45) is 0 Å². The van der Waals surface area contributed by atoms with Gasteiger partial charge in [0.15, 0.2) is 0 Å². The predicted octanol–water partition coefficient (Wildman–Crippen LogP) is 4.20. The Hall–Kier alpha value is -1.14. The van der Waals surface area contributed by atoms with E-state index in [-0.39, 0.29) is 0 Å². The van der Waals surface area contributed by atoms with Gasteiger partial charge in [-0.05, 0) is 41.5 Å². The fraction of sp³-hybridized carbons (Fsp3) is 0.500. The van der Waals surface area contributed by atoms with Gasteiger partial charge in [0, 0.05) is 11.5 Å². The summed E-state index contributed by atoms with van der Waals surface area (Å²) in [6.07, 6.45) is 0. The van der Waals surface area contributed by atoms with Crippen LogP contribution >= 0.6 is 21.6 Å². The Labute approximate surface area is 140 Å². The lowest BCUT2D eigenvalue weighted by Crippen LogP contribution is -2.02. The van der Waals surface area contributed by atoms with Gasteiger partial charge in [0.25, 0.3) is 0 Å². The molecule has 0 atom stereocenters. The van der Waals surface area contributed by atoms with Gasteiger partial charge in [-0.15, -0.1) is 0 Å². The van der Waals surface area contributed by atoms with Crippen molar-refractivity contribution < 1.29 is 0 Å². The van der Waals surface area contributed by atoms with Crippen LogP contribution < -0.4 is 0 Å². The SMILES string of the molecule is Cc1nc(C)c(CSSCc2nc(C)c(C)nc2C)nc1C. The zero-order valence-corrected chi connectivity index (χ0v) is 15.7. The fourth-order valence-corrected chi connectivity index (χ4v) is 4.10. The maximum absolute atomic E-state index is 4.64. The van der Waals surface area contributed by atoms with Crippen molar-refractivity contribution in [2.45, 2.75) is 53.0 Å². The van der Waals surface area contributed by atoms with E-state index < -0.39 is 0 Å². The molecule has 0 bridgehead atoms. The summed E-state index contributed by atoms with van der Waals surface area (Å²) in [6, 6.07) is 0. The molecule has 0 radical (unpaired) electrons. The van der Waals surface area contributed by atoms with E-state index in [1.54, 1.807) is 21.6 Å². The highest BCUT2D eigenvalue weighted by atomic mass is 33.1. The summed E-state index contributed by atoms with van der Waals surface area (Å²) in [4.78, 5) is 18.3. The van der Waals surface area contributed by atoms with Gasteiger partial charge in [0.1, 0.15) is 0 Å². The van der Waals surface area contributed by atoms with Crippen molar-refractivity contribution in [2.75, 3.05) is 0 Å². The lowest BCUT2D eigenvalue weighted by atomic mass is 10.3. The monoisotopic (exact) mass is 334 g/mol.